The second-order valence-corrected chi connectivity index (χ2v) is 6.07. The van der Waals surface area contributed by atoms with Crippen LogP contribution in [-0.4, -0.2) is 28.8 Å². The molecule has 1 aliphatic rings. The number of aliphatic hydroxyl groups excluding tert-OH is 1. The normalized spacial score (nSPS) is 17.4. The fourth-order valence-corrected chi connectivity index (χ4v) is 2.53. The van der Waals surface area contributed by atoms with Crippen molar-refractivity contribution in [1.29, 1.82) is 0 Å². The van der Waals surface area contributed by atoms with E-state index in [0.717, 1.165) is 25.7 Å². The Morgan fingerprint density at radius 3 is 2.70 bits per heavy atom. The van der Waals surface area contributed by atoms with Gasteiger partial charge in [0, 0.05) is 0 Å². The van der Waals surface area contributed by atoms with Crippen molar-refractivity contribution < 1.29 is 9.84 Å². The van der Waals surface area contributed by atoms with Gasteiger partial charge in [-0.05, 0) is 30.9 Å². The number of hydrogen-bond donors (Lipinski definition) is 3. The Labute approximate surface area is 120 Å². The molecular formula is C15H25N3O2. The molecule has 0 radical (unpaired) electrons. The van der Waals surface area contributed by atoms with E-state index in [2.05, 4.69) is 24.1 Å². The van der Waals surface area contributed by atoms with Crippen molar-refractivity contribution in [3.8, 4) is 5.88 Å². The summed E-state index contributed by atoms with van der Waals surface area (Å²) in [5.41, 5.74) is 6.19. The van der Waals surface area contributed by atoms with Gasteiger partial charge in [-0.1, -0.05) is 26.7 Å². The molecule has 112 valence electrons. The van der Waals surface area contributed by atoms with Gasteiger partial charge >= 0.3 is 0 Å². The molecule has 1 heterocycles. The molecule has 0 spiro atoms. The molecule has 0 atom stereocenters. The summed E-state index contributed by atoms with van der Waals surface area (Å²) in [6.45, 7) is 4.88. The van der Waals surface area contributed by atoms with Gasteiger partial charge in [0.2, 0.25) is 5.88 Å². The van der Waals surface area contributed by atoms with E-state index < -0.39 is 0 Å². The average Bonchev–Trinajstić information content (AvgIpc) is 2.88. The van der Waals surface area contributed by atoms with Crippen LogP contribution in [0.3, 0.4) is 0 Å². The van der Waals surface area contributed by atoms with Gasteiger partial charge in [-0.25, -0.2) is 0 Å². The van der Waals surface area contributed by atoms with E-state index in [4.69, 9.17) is 10.5 Å². The summed E-state index contributed by atoms with van der Waals surface area (Å²) < 4.78 is 5.63. The molecule has 5 nitrogen and oxygen atoms in total. The lowest BCUT2D eigenvalue weighted by Gasteiger charge is -2.28. The van der Waals surface area contributed by atoms with E-state index in [-0.39, 0.29) is 12.1 Å². The number of pyridine rings is 1. The number of ether oxygens (including phenoxy) is 1. The third-order valence-corrected chi connectivity index (χ3v) is 3.70. The van der Waals surface area contributed by atoms with Crippen molar-refractivity contribution in [2.75, 3.05) is 24.3 Å². The minimum Gasteiger partial charge on any atom is -0.476 e. The number of aromatic nitrogens is 1. The van der Waals surface area contributed by atoms with Crippen LogP contribution >= 0.6 is 0 Å². The molecule has 2 rings (SSSR count). The Balaban J connectivity index is 2.10. The van der Waals surface area contributed by atoms with Crippen LogP contribution in [-0.2, 0) is 0 Å². The molecule has 1 saturated carbocycles. The highest BCUT2D eigenvalue weighted by molar-refractivity contribution is 5.54. The summed E-state index contributed by atoms with van der Waals surface area (Å²) in [7, 11) is 0. The van der Waals surface area contributed by atoms with E-state index in [9.17, 15) is 5.11 Å². The van der Waals surface area contributed by atoms with Crippen molar-refractivity contribution in [2.24, 2.45) is 5.92 Å². The predicted molar refractivity (Wildman–Crippen MR) is 80.9 cm³/mol. The number of rotatable bonds is 6. The number of anilines is 2. The second kappa shape index (κ2) is 6.31. The summed E-state index contributed by atoms with van der Waals surface area (Å²) in [4.78, 5) is 4.43. The van der Waals surface area contributed by atoms with E-state index >= 15 is 0 Å². The van der Waals surface area contributed by atoms with Crippen LogP contribution in [0.15, 0.2) is 12.1 Å². The summed E-state index contributed by atoms with van der Waals surface area (Å²) in [6, 6.07) is 3.64. The van der Waals surface area contributed by atoms with Crippen LogP contribution in [0.4, 0.5) is 11.5 Å². The first-order chi connectivity index (χ1) is 9.54. The maximum atomic E-state index is 9.63. The van der Waals surface area contributed by atoms with Crippen LogP contribution < -0.4 is 15.8 Å². The molecule has 1 aromatic heterocycles. The van der Waals surface area contributed by atoms with Crippen LogP contribution in [0.2, 0.25) is 0 Å². The first-order valence-electron chi connectivity index (χ1n) is 7.33. The molecule has 0 aliphatic heterocycles. The third kappa shape index (κ3) is 3.54. The Bertz CT molecular complexity index is 443. The Hall–Kier alpha value is -1.49. The summed E-state index contributed by atoms with van der Waals surface area (Å²) in [6.07, 6.45) is 4.22. The SMILES string of the molecule is CC(C)COc1nc(NC2(CO)CCCC2)ccc1N. The number of nitrogens with one attached hydrogen (secondary N) is 1. The van der Waals surface area contributed by atoms with E-state index in [1.54, 1.807) is 6.07 Å². The zero-order valence-electron chi connectivity index (χ0n) is 12.4. The average molecular weight is 279 g/mol. The Morgan fingerprint density at radius 1 is 1.40 bits per heavy atom. The number of nitrogens with zero attached hydrogens (tertiary/aromatic N) is 1. The van der Waals surface area contributed by atoms with Crippen molar-refractivity contribution >= 4 is 11.5 Å². The minimum atomic E-state index is -0.238. The number of aliphatic hydroxyl groups is 1. The predicted octanol–water partition coefficient (Wildman–Crippen LogP) is 2.42. The Morgan fingerprint density at radius 2 is 2.10 bits per heavy atom. The highest BCUT2D eigenvalue weighted by Gasteiger charge is 2.33. The van der Waals surface area contributed by atoms with Gasteiger partial charge in [-0.2, -0.15) is 4.98 Å². The molecular weight excluding hydrogens is 254 g/mol. The molecule has 0 amide bonds. The van der Waals surface area contributed by atoms with E-state index in [0.29, 0.717) is 29.9 Å². The minimum absolute atomic E-state index is 0.126. The molecule has 1 aliphatic carbocycles. The monoisotopic (exact) mass is 279 g/mol. The van der Waals surface area contributed by atoms with Gasteiger partial charge in [-0.3, -0.25) is 0 Å². The smallest absolute Gasteiger partial charge is 0.239 e. The van der Waals surface area contributed by atoms with Crippen LogP contribution in [0.5, 0.6) is 5.88 Å². The van der Waals surface area contributed by atoms with Gasteiger partial charge in [0.1, 0.15) is 5.82 Å². The fourth-order valence-electron chi connectivity index (χ4n) is 2.53. The van der Waals surface area contributed by atoms with Gasteiger partial charge in [-0.15, -0.1) is 0 Å². The molecule has 1 fully saturated rings. The molecule has 0 aromatic carbocycles. The Kier molecular flexibility index (Phi) is 4.70. The molecule has 5 heteroatoms. The van der Waals surface area contributed by atoms with Gasteiger partial charge in [0.25, 0.3) is 0 Å². The molecule has 0 bridgehead atoms. The standard InChI is InChI=1S/C15H25N3O2/c1-11(2)9-20-14-12(16)5-6-13(17-14)18-15(10-19)7-3-4-8-15/h5-6,11,19H,3-4,7-10,16H2,1-2H3,(H,17,18). The van der Waals surface area contributed by atoms with Crippen LogP contribution in [0, 0.1) is 5.92 Å². The van der Waals surface area contributed by atoms with Gasteiger partial charge in [0.15, 0.2) is 0 Å². The van der Waals surface area contributed by atoms with Crippen LogP contribution in [0.1, 0.15) is 39.5 Å². The zero-order chi connectivity index (χ0) is 14.6. The lowest BCUT2D eigenvalue weighted by molar-refractivity contribution is 0.213. The quantitative estimate of drug-likeness (QED) is 0.745. The van der Waals surface area contributed by atoms with Gasteiger partial charge < -0.3 is 20.9 Å². The second-order valence-electron chi connectivity index (χ2n) is 6.07. The summed E-state index contributed by atoms with van der Waals surface area (Å²) in [5, 5.41) is 13.0. The number of hydrogen-bond acceptors (Lipinski definition) is 5. The largest absolute Gasteiger partial charge is 0.476 e. The first kappa shape index (κ1) is 14.9. The molecule has 20 heavy (non-hydrogen) atoms. The highest BCUT2D eigenvalue weighted by Crippen LogP contribution is 2.33. The lowest BCUT2D eigenvalue weighted by atomic mass is 9.99. The zero-order valence-corrected chi connectivity index (χ0v) is 12.4. The van der Waals surface area contributed by atoms with E-state index in [1.165, 1.54) is 0 Å². The summed E-state index contributed by atoms with van der Waals surface area (Å²) in [5.74, 6) is 1.61. The topological polar surface area (TPSA) is 80.4 Å². The molecule has 0 unspecified atom stereocenters. The van der Waals surface area contributed by atoms with Crippen molar-refractivity contribution in [3.63, 3.8) is 0 Å². The highest BCUT2D eigenvalue weighted by atomic mass is 16.5. The molecule has 4 N–H and O–H groups in total. The first-order valence-corrected chi connectivity index (χ1v) is 7.33. The maximum absolute atomic E-state index is 9.63. The maximum Gasteiger partial charge on any atom is 0.239 e. The number of nitrogens with two attached hydrogens (primary N) is 1. The molecule has 1 aromatic rings. The van der Waals surface area contributed by atoms with Crippen LogP contribution in [0.25, 0.3) is 0 Å². The summed E-state index contributed by atoms with van der Waals surface area (Å²) >= 11 is 0. The van der Waals surface area contributed by atoms with E-state index in [1.807, 2.05) is 6.07 Å². The van der Waals surface area contributed by atoms with Crippen molar-refractivity contribution in [3.05, 3.63) is 12.1 Å². The van der Waals surface area contributed by atoms with Crippen molar-refractivity contribution in [2.45, 2.75) is 45.1 Å². The molecule has 0 saturated heterocycles. The lowest BCUT2D eigenvalue weighted by Crippen LogP contribution is -2.39. The van der Waals surface area contributed by atoms with Crippen molar-refractivity contribution in [1.82, 2.24) is 4.98 Å². The number of nitrogen functional groups attached to an aromatic ring is 1. The fraction of sp³-hybridized carbons (Fsp3) is 0.667. The van der Waals surface area contributed by atoms with Gasteiger partial charge in [0.05, 0.1) is 24.4 Å². The third-order valence-electron chi connectivity index (χ3n) is 3.70.